The van der Waals surface area contributed by atoms with Gasteiger partial charge in [-0.2, -0.15) is 0 Å². The molecule has 21 heavy (non-hydrogen) atoms. The minimum atomic E-state index is -1.64. The van der Waals surface area contributed by atoms with E-state index in [-0.39, 0.29) is 0 Å². The first-order chi connectivity index (χ1) is 9.76. The summed E-state index contributed by atoms with van der Waals surface area (Å²) in [5, 5.41) is 19.0. The summed E-state index contributed by atoms with van der Waals surface area (Å²) < 4.78 is 19.8. The van der Waals surface area contributed by atoms with Crippen LogP contribution in [0.1, 0.15) is 20.8 Å². The van der Waals surface area contributed by atoms with Crippen LogP contribution in [0, 0.1) is 0 Å². The van der Waals surface area contributed by atoms with E-state index in [1.54, 1.807) is 0 Å². The van der Waals surface area contributed by atoms with Crippen molar-refractivity contribution in [1.29, 1.82) is 0 Å². The molecule has 9 nitrogen and oxygen atoms in total. The van der Waals surface area contributed by atoms with Crippen LogP contribution in [0.4, 0.5) is 0 Å². The second-order valence-electron chi connectivity index (χ2n) is 4.47. The van der Waals surface area contributed by atoms with Gasteiger partial charge >= 0.3 is 17.9 Å². The molecule has 9 heteroatoms. The van der Waals surface area contributed by atoms with E-state index in [9.17, 15) is 24.6 Å². The molecule has 1 aliphatic heterocycles. The standard InChI is InChI=1S/C12H18O9/c1-5(14)18-9-8(4-13)21-12(17)11(20-7(3)16)10(9)19-6(2)15/h8-13,17H,4H2,1-3H3/t8-,9-,10+,11+,12-/m0/s1. The molecular formula is C12H18O9. The molecule has 1 rings (SSSR count). The molecular weight excluding hydrogens is 288 g/mol. The largest absolute Gasteiger partial charge is 0.456 e. The van der Waals surface area contributed by atoms with Gasteiger partial charge < -0.3 is 29.2 Å². The van der Waals surface area contributed by atoms with Crippen LogP contribution in [0.15, 0.2) is 0 Å². The van der Waals surface area contributed by atoms with Gasteiger partial charge in [0.1, 0.15) is 6.10 Å². The summed E-state index contributed by atoms with van der Waals surface area (Å²) in [6.07, 6.45) is -6.65. The van der Waals surface area contributed by atoms with Gasteiger partial charge in [-0.15, -0.1) is 0 Å². The number of ether oxygens (including phenoxy) is 4. The number of hydrogen-bond donors (Lipinski definition) is 2. The number of esters is 3. The molecule has 0 unspecified atom stereocenters. The monoisotopic (exact) mass is 306 g/mol. The number of rotatable bonds is 4. The van der Waals surface area contributed by atoms with Crippen molar-refractivity contribution in [3.05, 3.63) is 0 Å². The topological polar surface area (TPSA) is 129 Å². The number of carbonyl (C=O) groups is 3. The van der Waals surface area contributed by atoms with Gasteiger partial charge in [0.05, 0.1) is 6.61 Å². The summed E-state index contributed by atoms with van der Waals surface area (Å²) in [6, 6.07) is 0. The SMILES string of the molecule is CC(=O)O[C@@H]1[C@@H](OC(C)=O)[C@H](CO)O[C@H](O)[C@@H]1OC(C)=O. The third-order valence-corrected chi connectivity index (χ3v) is 2.70. The van der Waals surface area contributed by atoms with E-state index in [2.05, 4.69) is 0 Å². The van der Waals surface area contributed by atoms with Crippen molar-refractivity contribution < 1.29 is 43.5 Å². The molecule has 120 valence electrons. The minimum absolute atomic E-state index is 0.598. The van der Waals surface area contributed by atoms with E-state index in [0.717, 1.165) is 20.8 Å². The van der Waals surface area contributed by atoms with Crippen LogP contribution in [-0.2, 0) is 33.3 Å². The molecule has 0 aromatic carbocycles. The Balaban J connectivity index is 3.08. The number of aliphatic hydroxyl groups is 2. The highest BCUT2D eigenvalue weighted by Gasteiger charge is 2.51. The summed E-state index contributed by atoms with van der Waals surface area (Å²) in [7, 11) is 0. The summed E-state index contributed by atoms with van der Waals surface area (Å²) in [4.78, 5) is 33.4. The highest BCUT2D eigenvalue weighted by Crippen LogP contribution is 2.27. The molecule has 1 fully saturated rings. The normalized spacial score (nSPS) is 32.1. The van der Waals surface area contributed by atoms with Crippen molar-refractivity contribution in [2.75, 3.05) is 6.61 Å². The highest BCUT2D eigenvalue weighted by atomic mass is 16.7. The molecule has 0 spiro atoms. The smallest absolute Gasteiger partial charge is 0.303 e. The van der Waals surface area contributed by atoms with Crippen LogP contribution in [0.5, 0.6) is 0 Å². The predicted octanol–water partition coefficient (Wildman–Crippen LogP) is -1.51. The van der Waals surface area contributed by atoms with Crippen LogP contribution in [0.3, 0.4) is 0 Å². The van der Waals surface area contributed by atoms with Crippen molar-refractivity contribution >= 4 is 17.9 Å². The minimum Gasteiger partial charge on any atom is -0.456 e. The lowest BCUT2D eigenvalue weighted by Gasteiger charge is -2.42. The average Bonchev–Trinajstić information content (AvgIpc) is 2.35. The molecule has 0 bridgehead atoms. The van der Waals surface area contributed by atoms with E-state index in [1.165, 1.54) is 0 Å². The Morgan fingerprint density at radius 3 is 1.76 bits per heavy atom. The van der Waals surface area contributed by atoms with E-state index in [1.807, 2.05) is 0 Å². The predicted molar refractivity (Wildman–Crippen MR) is 64.6 cm³/mol. The van der Waals surface area contributed by atoms with Crippen molar-refractivity contribution in [2.45, 2.75) is 51.5 Å². The van der Waals surface area contributed by atoms with Crippen molar-refractivity contribution in [3.8, 4) is 0 Å². The second-order valence-corrected chi connectivity index (χ2v) is 4.47. The molecule has 0 amide bonds. The van der Waals surface area contributed by atoms with Gasteiger partial charge in [-0.3, -0.25) is 14.4 Å². The fourth-order valence-corrected chi connectivity index (χ4v) is 2.02. The van der Waals surface area contributed by atoms with E-state index < -0.39 is 55.2 Å². The van der Waals surface area contributed by atoms with Crippen molar-refractivity contribution in [3.63, 3.8) is 0 Å². The van der Waals surface area contributed by atoms with Gasteiger partial charge in [-0.1, -0.05) is 0 Å². The van der Waals surface area contributed by atoms with Crippen molar-refractivity contribution in [1.82, 2.24) is 0 Å². The Bertz CT molecular complexity index is 408. The Morgan fingerprint density at radius 1 is 0.905 bits per heavy atom. The number of carbonyl (C=O) groups excluding carboxylic acids is 3. The van der Waals surface area contributed by atoms with Crippen LogP contribution >= 0.6 is 0 Å². The van der Waals surface area contributed by atoms with E-state index in [4.69, 9.17) is 18.9 Å². The molecule has 0 aromatic heterocycles. The lowest BCUT2D eigenvalue weighted by Crippen LogP contribution is -2.62. The molecule has 0 aromatic rings. The van der Waals surface area contributed by atoms with Gasteiger partial charge in [0.15, 0.2) is 24.6 Å². The van der Waals surface area contributed by atoms with Crippen LogP contribution in [0.25, 0.3) is 0 Å². The summed E-state index contributed by atoms with van der Waals surface area (Å²) in [5.74, 6) is -2.19. The summed E-state index contributed by atoms with van der Waals surface area (Å²) >= 11 is 0. The van der Waals surface area contributed by atoms with Crippen molar-refractivity contribution in [2.24, 2.45) is 0 Å². The maximum Gasteiger partial charge on any atom is 0.303 e. The Morgan fingerprint density at radius 2 is 1.33 bits per heavy atom. The molecule has 2 N–H and O–H groups in total. The Kier molecular flexibility index (Phi) is 6.06. The van der Waals surface area contributed by atoms with Gasteiger partial charge in [0.2, 0.25) is 0 Å². The fourth-order valence-electron chi connectivity index (χ4n) is 2.02. The molecule has 5 atom stereocenters. The summed E-state index contributed by atoms with van der Waals surface area (Å²) in [5.41, 5.74) is 0. The molecule has 0 radical (unpaired) electrons. The van der Waals surface area contributed by atoms with Crippen LogP contribution < -0.4 is 0 Å². The molecule has 1 aliphatic rings. The molecule has 0 saturated carbocycles. The third-order valence-electron chi connectivity index (χ3n) is 2.70. The third kappa shape index (κ3) is 4.66. The van der Waals surface area contributed by atoms with Gasteiger partial charge in [0.25, 0.3) is 0 Å². The second kappa shape index (κ2) is 7.34. The molecule has 0 aliphatic carbocycles. The van der Waals surface area contributed by atoms with Crippen LogP contribution in [-0.4, -0.2) is 65.4 Å². The average molecular weight is 306 g/mol. The first-order valence-electron chi connectivity index (χ1n) is 6.22. The highest BCUT2D eigenvalue weighted by molar-refractivity contribution is 5.68. The quantitative estimate of drug-likeness (QED) is 0.470. The number of aliphatic hydroxyl groups excluding tert-OH is 2. The van der Waals surface area contributed by atoms with E-state index in [0.29, 0.717) is 0 Å². The van der Waals surface area contributed by atoms with Gasteiger partial charge in [0, 0.05) is 20.8 Å². The lowest BCUT2D eigenvalue weighted by molar-refractivity contribution is -0.295. The molecule has 1 saturated heterocycles. The molecule has 1 heterocycles. The zero-order chi connectivity index (χ0) is 16.2. The maximum atomic E-state index is 11.2. The first kappa shape index (κ1) is 17.3. The van der Waals surface area contributed by atoms with Crippen LogP contribution in [0.2, 0.25) is 0 Å². The maximum absolute atomic E-state index is 11.2. The number of hydrogen-bond acceptors (Lipinski definition) is 9. The Labute approximate surface area is 120 Å². The van der Waals surface area contributed by atoms with Gasteiger partial charge in [-0.05, 0) is 0 Å². The zero-order valence-corrected chi connectivity index (χ0v) is 11.8. The lowest BCUT2D eigenvalue weighted by atomic mass is 9.98. The zero-order valence-electron chi connectivity index (χ0n) is 11.8. The summed E-state index contributed by atoms with van der Waals surface area (Å²) in [6.45, 7) is 2.71. The first-order valence-corrected chi connectivity index (χ1v) is 6.22. The Hall–Kier alpha value is -1.71. The van der Waals surface area contributed by atoms with E-state index >= 15 is 0 Å². The fraction of sp³-hybridized carbons (Fsp3) is 0.750. The van der Waals surface area contributed by atoms with Gasteiger partial charge in [-0.25, -0.2) is 0 Å².